The second kappa shape index (κ2) is 11.6. The van der Waals surface area contributed by atoms with Crippen molar-refractivity contribution in [2.24, 2.45) is 5.16 Å². The van der Waals surface area contributed by atoms with Crippen LogP contribution in [0.5, 0.6) is 5.88 Å². The second-order valence-corrected chi connectivity index (χ2v) is 9.98. The van der Waals surface area contributed by atoms with Gasteiger partial charge < -0.3 is 14.8 Å². The van der Waals surface area contributed by atoms with Gasteiger partial charge in [0.05, 0.1) is 12.1 Å². The lowest BCUT2D eigenvalue weighted by molar-refractivity contribution is -0.708. The van der Waals surface area contributed by atoms with E-state index in [2.05, 4.69) is 10.1 Å². The lowest BCUT2D eigenvalue weighted by Crippen LogP contribution is -2.44. The van der Waals surface area contributed by atoms with Gasteiger partial charge >= 0.3 is 5.56 Å². The molecule has 0 bridgehead atoms. The summed E-state index contributed by atoms with van der Waals surface area (Å²) in [5, 5.41) is 18.6. The Morgan fingerprint density at radius 1 is 1.02 bits per heavy atom. The predicted octanol–water partition coefficient (Wildman–Crippen LogP) is 4.17. The minimum Gasteiger partial charge on any atom is -0.842 e. The number of aryl methyl sites for hydroxylation is 1. The SMILES string of the molecule is Cc1cccn2c(=O)c(-c3ccc(/C(=N/OCc4ccccc4)N(C)C)cc3)c([O-])[n+](Cc3ccc(Cl)nc3)c12. The lowest BCUT2D eigenvalue weighted by Gasteiger charge is -2.19. The van der Waals surface area contributed by atoms with Gasteiger partial charge in [0.2, 0.25) is 0 Å². The van der Waals surface area contributed by atoms with Crippen molar-refractivity contribution in [1.82, 2.24) is 14.3 Å². The number of halogens is 1. The van der Waals surface area contributed by atoms with E-state index in [1.54, 1.807) is 41.2 Å². The minimum atomic E-state index is -0.380. The van der Waals surface area contributed by atoms with Gasteiger partial charge in [0.25, 0.3) is 5.65 Å². The van der Waals surface area contributed by atoms with Crippen molar-refractivity contribution in [3.05, 3.63) is 129 Å². The minimum absolute atomic E-state index is 0.0836. The molecule has 3 aromatic heterocycles. The number of pyridine rings is 2. The first-order valence-electron chi connectivity index (χ1n) is 12.7. The van der Waals surface area contributed by atoms with Crippen molar-refractivity contribution in [1.29, 1.82) is 0 Å². The normalized spacial score (nSPS) is 11.6. The lowest BCUT2D eigenvalue weighted by atomic mass is 10.0. The van der Waals surface area contributed by atoms with E-state index >= 15 is 0 Å². The van der Waals surface area contributed by atoms with E-state index in [-0.39, 0.29) is 23.5 Å². The van der Waals surface area contributed by atoms with Gasteiger partial charge in [-0.15, -0.1) is 0 Å². The number of amidine groups is 1. The first kappa shape index (κ1) is 26.9. The van der Waals surface area contributed by atoms with Crippen LogP contribution in [0.25, 0.3) is 16.8 Å². The molecule has 0 saturated carbocycles. The Hall–Kier alpha value is -4.69. The van der Waals surface area contributed by atoms with Gasteiger partial charge in [0.15, 0.2) is 5.84 Å². The average Bonchev–Trinajstić information content (AvgIpc) is 2.95. The van der Waals surface area contributed by atoms with E-state index in [0.717, 1.165) is 22.3 Å². The topological polar surface area (TPSA) is 86.1 Å². The van der Waals surface area contributed by atoms with Crippen molar-refractivity contribution >= 4 is 23.1 Å². The largest absolute Gasteiger partial charge is 0.842 e. The summed E-state index contributed by atoms with van der Waals surface area (Å²) in [4.78, 5) is 25.2. The van der Waals surface area contributed by atoms with E-state index in [4.69, 9.17) is 16.4 Å². The van der Waals surface area contributed by atoms with Crippen molar-refractivity contribution in [2.45, 2.75) is 20.1 Å². The van der Waals surface area contributed by atoms with Crippen LogP contribution in [-0.4, -0.2) is 34.2 Å². The van der Waals surface area contributed by atoms with Crippen LogP contribution in [0.15, 0.2) is 101 Å². The van der Waals surface area contributed by atoms with Gasteiger partial charge in [0.1, 0.15) is 23.9 Å². The predicted molar refractivity (Wildman–Crippen MR) is 153 cm³/mol. The molecule has 8 nitrogen and oxygen atoms in total. The molecule has 202 valence electrons. The summed E-state index contributed by atoms with van der Waals surface area (Å²) >= 11 is 5.96. The fourth-order valence-corrected chi connectivity index (χ4v) is 4.67. The highest BCUT2D eigenvalue weighted by atomic mass is 35.5. The van der Waals surface area contributed by atoms with Gasteiger partial charge in [0, 0.05) is 37.0 Å². The summed E-state index contributed by atoms with van der Waals surface area (Å²) in [5.41, 5.74) is 4.14. The summed E-state index contributed by atoms with van der Waals surface area (Å²) in [6.45, 7) is 2.45. The van der Waals surface area contributed by atoms with Crippen molar-refractivity contribution < 1.29 is 14.5 Å². The highest BCUT2D eigenvalue weighted by molar-refractivity contribution is 6.29. The summed E-state index contributed by atoms with van der Waals surface area (Å²) < 4.78 is 3.13. The first-order chi connectivity index (χ1) is 19.3. The van der Waals surface area contributed by atoms with Crippen LogP contribution >= 0.6 is 11.6 Å². The summed E-state index contributed by atoms with van der Waals surface area (Å²) in [7, 11) is 3.75. The van der Waals surface area contributed by atoms with Crippen LogP contribution in [0.4, 0.5) is 0 Å². The molecule has 0 saturated heterocycles. The molecule has 0 aliphatic rings. The molecule has 0 radical (unpaired) electrons. The average molecular weight is 554 g/mol. The Kier molecular flexibility index (Phi) is 7.79. The van der Waals surface area contributed by atoms with E-state index in [1.807, 2.05) is 80.5 Å². The molecule has 3 heterocycles. The zero-order valence-electron chi connectivity index (χ0n) is 22.4. The van der Waals surface area contributed by atoms with Gasteiger partial charge in [-0.1, -0.05) is 77.4 Å². The third-order valence-electron chi connectivity index (χ3n) is 6.52. The van der Waals surface area contributed by atoms with Crippen molar-refractivity contribution in [2.75, 3.05) is 14.1 Å². The summed E-state index contributed by atoms with van der Waals surface area (Å²) in [5.74, 6) is 0.232. The fourth-order valence-electron chi connectivity index (χ4n) is 4.56. The smallest absolute Gasteiger partial charge is 0.349 e. The molecule has 0 aliphatic carbocycles. The molecule has 2 aromatic carbocycles. The van der Waals surface area contributed by atoms with Gasteiger partial charge in [-0.25, -0.2) is 14.3 Å². The molecular weight excluding hydrogens is 526 g/mol. The quantitative estimate of drug-likeness (QED) is 0.0992. The molecule has 0 fully saturated rings. The molecule has 0 spiro atoms. The Bertz CT molecular complexity index is 1730. The van der Waals surface area contributed by atoms with Crippen molar-refractivity contribution in [3.8, 4) is 17.0 Å². The molecule has 9 heteroatoms. The molecule has 40 heavy (non-hydrogen) atoms. The Morgan fingerprint density at radius 2 is 1.77 bits per heavy atom. The molecule has 0 aliphatic heterocycles. The van der Waals surface area contributed by atoms with E-state index in [9.17, 15) is 9.90 Å². The zero-order valence-corrected chi connectivity index (χ0v) is 23.2. The molecule has 5 rings (SSSR count). The van der Waals surface area contributed by atoms with Crippen LogP contribution in [-0.2, 0) is 18.0 Å². The molecule has 5 aromatic rings. The van der Waals surface area contributed by atoms with Crippen LogP contribution < -0.4 is 15.2 Å². The Labute approximate surface area is 237 Å². The van der Waals surface area contributed by atoms with Crippen LogP contribution in [0.1, 0.15) is 22.3 Å². The maximum Gasteiger partial charge on any atom is 0.349 e. The standard InChI is InChI=1S/C31H28ClN5O3/c1-21-8-7-17-36-29(21)37(19-23-11-16-26(32)33-18-23)31(39)27(30(36)38)24-12-14-25(15-13-24)28(35(2)3)34-40-20-22-9-5-4-6-10-22/h4-18H,19-20H2,1-3H3. The number of rotatable bonds is 7. The molecule has 0 unspecified atom stereocenters. The van der Waals surface area contributed by atoms with Crippen molar-refractivity contribution in [3.63, 3.8) is 0 Å². The number of aromatic nitrogens is 3. The Morgan fingerprint density at radius 3 is 2.45 bits per heavy atom. The second-order valence-electron chi connectivity index (χ2n) is 9.59. The number of hydrogen-bond donors (Lipinski definition) is 0. The highest BCUT2D eigenvalue weighted by Gasteiger charge is 2.22. The van der Waals surface area contributed by atoms with E-state index < -0.39 is 0 Å². The van der Waals surface area contributed by atoms with Gasteiger partial charge in [-0.05, 0) is 36.2 Å². The third kappa shape index (κ3) is 5.53. The van der Waals surface area contributed by atoms with E-state index in [0.29, 0.717) is 28.8 Å². The monoisotopic (exact) mass is 553 g/mol. The fraction of sp³-hybridized carbons (Fsp3) is 0.161. The number of benzene rings is 2. The zero-order chi connectivity index (χ0) is 28.2. The summed E-state index contributed by atoms with van der Waals surface area (Å²) in [6, 6.07) is 24.2. The highest BCUT2D eigenvalue weighted by Crippen LogP contribution is 2.24. The van der Waals surface area contributed by atoms with Crippen LogP contribution in [0.2, 0.25) is 5.15 Å². The molecule has 0 atom stereocenters. The first-order valence-corrected chi connectivity index (χ1v) is 13.1. The number of fused-ring (bicyclic) bond motifs is 1. The maximum atomic E-state index is 13.9. The van der Waals surface area contributed by atoms with Crippen LogP contribution in [0.3, 0.4) is 0 Å². The Balaban J connectivity index is 1.54. The maximum absolute atomic E-state index is 13.9. The molecular formula is C31H28ClN5O3. The van der Waals surface area contributed by atoms with Crippen LogP contribution in [0, 0.1) is 6.92 Å². The van der Waals surface area contributed by atoms with Gasteiger partial charge in [-0.2, -0.15) is 4.40 Å². The molecule has 0 N–H and O–H groups in total. The number of oxime groups is 1. The number of hydrogen-bond acceptors (Lipinski definition) is 5. The van der Waals surface area contributed by atoms with Gasteiger partial charge in [-0.3, -0.25) is 0 Å². The summed E-state index contributed by atoms with van der Waals surface area (Å²) in [6.07, 6.45) is 3.31. The molecule has 0 amide bonds. The number of nitrogens with zero attached hydrogens (tertiary/aromatic N) is 5. The van der Waals surface area contributed by atoms with E-state index in [1.165, 1.54) is 4.40 Å². The third-order valence-corrected chi connectivity index (χ3v) is 6.74.